The van der Waals surface area contributed by atoms with Crippen molar-refractivity contribution in [2.75, 3.05) is 23.7 Å². The summed E-state index contributed by atoms with van der Waals surface area (Å²) in [5.41, 5.74) is 2.71. The molecule has 0 atom stereocenters. The van der Waals surface area contributed by atoms with Gasteiger partial charge in [0, 0.05) is 24.5 Å². The number of halogens is 1. The van der Waals surface area contributed by atoms with Crippen LogP contribution in [0.3, 0.4) is 0 Å². The third-order valence-corrected chi connectivity index (χ3v) is 6.42. The lowest BCUT2D eigenvalue weighted by molar-refractivity contribution is -0.121. The number of carbonyl (C=O) groups excluding carboxylic acids is 1. The predicted octanol–water partition coefficient (Wildman–Crippen LogP) is 4.20. The average molecular weight is 413 g/mol. The SMILES string of the molecule is Cc1c(Cl)cccc1N(CCCC(=O)NCCC1=CCCCC1)S(C)(=O)=O. The molecule has 1 aliphatic carbocycles. The first-order valence-corrected chi connectivity index (χ1v) is 11.7. The van der Waals surface area contributed by atoms with E-state index in [9.17, 15) is 13.2 Å². The van der Waals surface area contributed by atoms with Crippen LogP contribution in [0.25, 0.3) is 0 Å². The number of anilines is 1. The number of amides is 1. The van der Waals surface area contributed by atoms with E-state index in [2.05, 4.69) is 11.4 Å². The molecule has 0 aromatic heterocycles. The van der Waals surface area contributed by atoms with E-state index in [1.165, 1.54) is 29.0 Å². The van der Waals surface area contributed by atoms with Crippen LogP contribution in [0, 0.1) is 6.92 Å². The highest BCUT2D eigenvalue weighted by Crippen LogP contribution is 2.28. The van der Waals surface area contributed by atoms with Crippen LogP contribution in [-0.2, 0) is 14.8 Å². The van der Waals surface area contributed by atoms with Gasteiger partial charge in [-0.3, -0.25) is 9.10 Å². The Morgan fingerprint density at radius 2 is 2.07 bits per heavy atom. The second-order valence-electron chi connectivity index (χ2n) is 7.03. The summed E-state index contributed by atoms with van der Waals surface area (Å²) in [7, 11) is -3.45. The predicted molar refractivity (Wildman–Crippen MR) is 112 cm³/mol. The van der Waals surface area contributed by atoms with Gasteiger partial charge in [-0.2, -0.15) is 0 Å². The van der Waals surface area contributed by atoms with Crippen LogP contribution < -0.4 is 9.62 Å². The molecule has 0 unspecified atom stereocenters. The molecule has 27 heavy (non-hydrogen) atoms. The molecule has 1 aromatic rings. The number of benzene rings is 1. The van der Waals surface area contributed by atoms with Crippen LogP contribution in [0.4, 0.5) is 5.69 Å². The van der Waals surface area contributed by atoms with Crippen LogP contribution in [0.15, 0.2) is 29.8 Å². The van der Waals surface area contributed by atoms with Gasteiger partial charge in [-0.05, 0) is 63.1 Å². The number of carbonyl (C=O) groups is 1. The molecule has 0 spiro atoms. The maximum Gasteiger partial charge on any atom is 0.232 e. The van der Waals surface area contributed by atoms with E-state index in [4.69, 9.17) is 11.6 Å². The quantitative estimate of drug-likeness (QED) is 0.618. The number of allylic oxidation sites excluding steroid dienone is 1. The largest absolute Gasteiger partial charge is 0.356 e. The molecular weight excluding hydrogens is 384 g/mol. The maximum atomic E-state index is 12.2. The lowest BCUT2D eigenvalue weighted by Crippen LogP contribution is -2.32. The molecule has 2 rings (SSSR count). The number of nitrogens with zero attached hydrogens (tertiary/aromatic N) is 1. The standard InChI is InChI=1S/C20H29ClN2O3S/c1-16-18(21)10-6-11-19(16)23(27(2,25)26)15-7-12-20(24)22-14-13-17-8-4-3-5-9-17/h6,8,10-11H,3-5,7,9,12-15H2,1-2H3,(H,22,24). The van der Waals surface area contributed by atoms with E-state index in [0.29, 0.717) is 30.1 Å². The summed E-state index contributed by atoms with van der Waals surface area (Å²) in [5, 5.41) is 3.46. The first-order chi connectivity index (χ1) is 12.8. The molecule has 5 nitrogen and oxygen atoms in total. The fourth-order valence-corrected chi connectivity index (χ4v) is 4.48. The second kappa shape index (κ2) is 10.1. The molecule has 0 radical (unpaired) electrons. The highest BCUT2D eigenvalue weighted by atomic mass is 35.5. The van der Waals surface area contributed by atoms with Crippen molar-refractivity contribution in [1.29, 1.82) is 0 Å². The van der Waals surface area contributed by atoms with Gasteiger partial charge in [-0.15, -0.1) is 0 Å². The lowest BCUT2D eigenvalue weighted by Gasteiger charge is -2.24. The minimum Gasteiger partial charge on any atom is -0.356 e. The molecular formula is C20H29ClN2O3S. The number of hydrogen-bond donors (Lipinski definition) is 1. The molecule has 1 aromatic carbocycles. The summed E-state index contributed by atoms with van der Waals surface area (Å²) in [5.74, 6) is -0.0392. The summed E-state index contributed by atoms with van der Waals surface area (Å²) >= 11 is 6.12. The number of sulfonamides is 1. The highest BCUT2D eigenvalue weighted by molar-refractivity contribution is 7.92. The van der Waals surface area contributed by atoms with Crippen LogP contribution in [0.2, 0.25) is 5.02 Å². The van der Waals surface area contributed by atoms with Gasteiger partial charge in [-0.25, -0.2) is 8.42 Å². The van der Waals surface area contributed by atoms with Crippen molar-refractivity contribution < 1.29 is 13.2 Å². The molecule has 1 amide bonds. The fraction of sp³-hybridized carbons (Fsp3) is 0.550. The van der Waals surface area contributed by atoms with E-state index in [1.807, 2.05) is 0 Å². The van der Waals surface area contributed by atoms with Crippen molar-refractivity contribution in [3.63, 3.8) is 0 Å². The van der Waals surface area contributed by atoms with E-state index < -0.39 is 10.0 Å². The van der Waals surface area contributed by atoms with Crippen molar-refractivity contribution in [3.05, 3.63) is 40.4 Å². The zero-order valence-electron chi connectivity index (χ0n) is 16.1. The van der Waals surface area contributed by atoms with Crippen molar-refractivity contribution >= 4 is 33.2 Å². The zero-order chi connectivity index (χ0) is 19.9. The lowest BCUT2D eigenvalue weighted by atomic mass is 9.97. The van der Waals surface area contributed by atoms with E-state index >= 15 is 0 Å². The Bertz CT molecular complexity index is 790. The van der Waals surface area contributed by atoms with Crippen molar-refractivity contribution in [2.45, 2.75) is 51.9 Å². The smallest absolute Gasteiger partial charge is 0.232 e. The Morgan fingerprint density at radius 3 is 2.74 bits per heavy atom. The molecule has 1 aliphatic rings. The molecule has 0 bridgehead atoms. The van der Waals surface area contributed by atoms with Crippen LogP contribution in [0.5, 0.6) is 0 Å². The maximum absolute atomic E-state index is 12.2. The Balaban J connectivity index is 1.84. The Labute approximate surface area is 167 Å². The summed E-state index contributed by atoms with van der Waals surface area (Å²) in [4.78, 5) is 12.1. The minimum atomic E-state index is -3.45. The van der Waals surface area contributed by atoms with Gasteiger partial charge >= 0.3 is 0 Å². The molecule has 150 valence electrons. The Hall–Kier alpha value is -1.53. The van der Waals surface area contributed by atoms with Gasteiger partial charge in [-0.1, -0.05) is 29.3 Å². The van der Waals surface area contributed by atoms with Gasteiger partial charge in [0.25, 0.3) is 0 Å². The van der Waals surface area contributed by atoms with Crippen molar-refractivity contribution in [2.24, 2.45) is 0 Å². The molecule has 1 N–H and O–H groups in total. The number of nitrogens with one attached hydrogen (secondary N) is 1. The van der Waals surface area contributed by atoms with E-state index in [1.54, 1.807) is 25.1 Å². The molecule has 7 heteroatoms. The van der Waals surface area contributed by atoms with E-state index in [0.717, 1.165) is 24.8 Å². The molecule has 0 saturated heterocycles. The Morgan fingerprint density at radius 1 is 1.30 bits per heavy atom. The van der Waals surface area contributed by atoms with Crippen LogP contribution in [-0.4, -0.2) is 33.7 Å². The zero-order valence-corrected chi connectivity index (χ0v) is 17.7. The molecule has 0 fully saturated rings. The van der Waals surface area contributed by atoms with Gasteiger partial charge in [0.1, 0.15) is 0 Å². The molecule has 0 saturated carbocycles. The molecule has 0 aliphatic heterocycles. The topological polar surface area (TPSA) is 66.5 Å². The summed E-state index contributed by atoms with van der Waals surface area (Å²) in [6.45, 7) is 2.69. The number of hydrogen-bond acceptors (Lipinski definition) is 3. The summed E-state index contributed by atoms with van der Waals surface area (Å²) in [6.07, 6.45) is 9.90. The molecule has 0 heterocycles. The van der Waals surface area contributed by atoms with Crippen molar-refractivity contribution in [3.8, 4) is 0 Å². The van der Waals surface area contributed by atoms with Gasteiger partial charge in [0.2, 0.25) is 15.9 Å². The first kappa shape index (κ1) is 21.8. The third kappa shape index (κ3) is 6.85. The van der Waals surface area contributed by atoms with Gasteiger partial charge in [0.05, 0.1) is 11.9 Å². The average Bonchev–Trinajstić information content (AvgIpc) is 2.61. The Kier molecular flexibility index (Phi) is 8.17. The summed E-state index contributed by atoms with van der Waals surface area (Å²) in [6, 6.07) is 5.20. The summed E-state index contributed by atoms with van der Waals surface area (Å²) < 4.78 is 25.7. The normalized spacial score (nSPS) is 14.6. The van der Waals surface area contributed by atoms with Crippen LogP contribution >= 0.6 is 11.6 Å². The van der Waals surface area contributed by atoms with Crippen molar-refractivity contribution in [1.82, 2.24) is 5.32 Å². The third-order valence-electron chi connectivity index (χ3n) is 4.83. The van der Waals surface area contributed by atoms with Gasteiger partial charge < -0.3 is 5.32 Å². The monoisotopic (exact) mass is 412 g/mol. The number of rotatable bonds is 9. The highest BCUT2D eigenvalue weighted by Gasteiger charge is 2.20. The minimum absolute atomic E-state index is 0.0392. The van der Waals surface area contributed by atoms with Crippen LogP contribution in [0.1, 0.15) is 50.5 Å². The van der Waals surface area contributed by atoms with Gasteiger partial charge in [0.15, 0.2) is 0 Å². The second-order valence-corrected chi connectivity index (χ2v) is 9.34. The van der Waals surface area contributed by atoms with E-state index in [-0.39, 0.29) is 12.5 Å². The fourth-order valence-electron chi connectivity index (χ4n) is 3.30. The first-order valence-electron chi connectivity index (χ1n) is 9.46.